The minimum absolute atomic E-state index is 0.0410. The second kappa shape index (κ2) is 5.61. The van der Waals surface area contributed by atoms with E-state index in [4.69, 9.17) is 9.47 Å². The molecule has 2 aliphatic heterocycles. The molecule has 0 spiro atoms. The van der Waals surface area contributed by atoms with Gasteiger partial charge in [-0.05, 0) is 36.8 Å². The first-order chi connectivity index (χ1) is 9.25. The Labute approximate surface area is 117 Å². The van der Waals surface area contributed by atoms with E-state index in [1.165, 1.54) is 11.3 Å². The van der Waals surface area contributed by atoms with Crippen molar-refractivity contribution in [2.75, 3.05) is 26.3 Å². The molecule has 1 aromatic rings. The highest BCUT2D eigenvalue weighted by Crippen LogP contribution is 2.27. The summed E-state index contributed by atoms with van der Waals surface area (Å²) in [4.78, 5) is 15.2. The summed E-state index contributed by atoms with van der Waals surface area (Å²) in [7, 11) is 0. The van der Waals surface area contributed by atoms with Gasteiger partial charge in [-0.25, -0.2) is 0 Å². The quantitative estimate of drug-likeness (QED) is 0.835. The number of hydrogen-bond acceptors (Lipinski definition) is 4. The third-order valence-electron chi connectivity index (χ3n) is 3.92. The van der Waals surface area contributed by atoms with E-state index in [0.717, 1.165) is 36.4 Å². The number of piperidine rings is 1. The molecule has 0 aromatic carbocycles. The third kappa shape index (κ3) is 2.68. The van der Waals surface area contributed by atoms with Crippen LogP contribution in [0.2, 0.25) is 0 Å². The first kappa shape index (κ1) is 13.1. The molecule has 5 heteroatoms. The lowest BCUT2D eigenvalue weighted by Gasteiger charge is -2.33. The number of ether oxygens (including phenoxy) is 2. The van der Waals surface area contributed by atoms with Gasteiger partial charge in [0.05, 0.1) is 18.1 Å². The summed E-state index contributed by atoms with van der Waals surface area (Å²) in [5.41, 5.74) is 1.08. The number of rotatable bonds is 2. The van der Waals surface area contributed by atoms with Gasteiger partial charge in [0.1, 0.15) is 0 Å². The minimum Gasteiger partial charge on any atom is -0.350 e. The summed E-state index contributed by atoms with van der Waals surface area (Å²) in [6.07, 6.45) is 1.91. The molecule has 3 rings (SSSR count). The molecule has 0 N–H and O–H groups in total. The Hall–Kier alpha value is -0.910. The fraction of sp³-hybridized carbons (Fsp3) is 0.643. The van der Waals surface area contributed by atoms with Crippen LogP contribution in [-0.2, 0) is 9.47 Å². The van der Waals surface area contributed by atoms with Gasteiger partial charge in [0, 0.05) is 19.0 Å². The molecule has 2 saturated heterocycles. The van der Waals surface area contributed by atoms with E-state index in [1.54, 1.807) is 0 Å². The van der Waals surface area contributed by atoms with Crippen LogP contribution in [0.4, 0.5) is 0 Å². The number of carbonyl (C=O) groups excluding carboxylic acids is 1. The second-order valence-electron chi connectivity index (χ2n) is 5.17. The number of thiophene rings is 1. The Morgan fingerprint density at radius 1 is 1.32 bits per heavy atom. The van der Waals surface area contributed by atoms with Crippen molar-refractivity contribution in [2.24, 2.45) is 5.92 Å². The van der Waals surface area contributed by atoms with Crippen molar-refractivity contribution in [3.05, 3.63) is 21.9 Å². The molecule has 0 radical (unpaired) electrons. The SMILES string of the molecule is Cc1ccsc1C(=O)N1CCC(C2OCCO2)CC1. The highest BCUT2D eigenvalue weighted by molar-refractivity contribution is 7.12. The van der Waals surface area contributed by atoms with Crippen LogP contribution >= 0.6 is 11.3 Å². The summed E-state index contributed by atoms with van der Waals surface area (Å²) in [5, 5.41) is 1.98. The molecular weight excluding hydrogens is 262 g/mol. The maximum Gasteiger partial charge on any atom is 0.264 e. The Kier molecular flexibility index (Phi) is 3.86. The fourth-order valence-electron chi connectivity index (χ4n) is 2.76. The highest BCUT2D eigenvalue weighted by Gasteiger charge is 2.32. The van der Waals surface area contributed by atoms with Crippen molar-refractivity contribution in [1.29, 1.82) is 0 Å². The van der Waals surface area contributed by atoms with Crippen LogP contribution in [0.25, 0.3) is 0 Å². The number of carbonyl (C=O) groups is 1. The zero-order valence-corrected chi connectivity index (χ0v) is 11.9. The van der Waals surface area contributed by atoms with Gasteiger partial charge < -0.3 is 14.4 Å². The average molecular weight is 281 g/mol. The number of nitrogens with zero attached hydrogens (tertiary/aromatic N) is 1. The molecule has 0 bridgehead atoms. The van der Waals surface area contributed by atoms with Crippen LogP contribution in [0.5, 0.6) is 0 Å². The van der Waals surface area contributed by atoms with Crippen LogP contribution in [0, 0.1) is 12.8 Å². The fourth-order valence-corrected chi connectivity index (χ4v) is 3.65. The second-order valence-corrected chi connectivity index (χ2v) is 6.09. The van der Waals surface area contributed by atoms with Crippen molar-refractivity contribution < 1.29 is 14.3 Å². The van der Waals surface area contributed by atoms with Crippen molar-refractivity contribution >= 4 is 17.2 Å². The van der Waals surface area contributed by atoms with E-state index in [1.807, 2.05) is 23.3 Å². The monoisotopic (exact) mass is 281 g/mol. The summed E-state index contributed by atoms with van der Waals surface area (Å²) < 4.78 is 11.1. The van der Waals surface area contributed by atoms with Gasteiger partial charge in [-0.2, -0.15) is 0 Å². The van der Waals surface area contributed by atoms with Gasteiger partial charge in [0.25, 0.3) is 5.91 Å². The van der Waals surface area contributed by atoms with Crippen LogP contribution in [0.1, 0.15) is 28.1 Å². The lowest BCUT2D eigenvalue weighted by molar-refractivity contribution is -0.0956. The van der Waals surface area contributed by atoms with Gasteiger partial charge in [-0.15, -0.1) is 11.3 Å². The van der Waals surface area contributed by atoms with Crippen LogP contribution in [-0.4, -0.2) is 43.4 Å². The molecular formula is C14H19NO3S. The summed E-state index contributed by atoms with van der Waals surface area (Å²) in [6, 6.07) is 2.00. The Morgan fingerprint density at radius 3 is 2.58 bits per heavy atom. The maximum atomic E-state index is 12.4. The van der Waals surface area contributed by atoms with Gasteiger partial charge in [0.15, 0.2) is 6.29 Å². The molecule has 1 amide bonds. The van der Waals surface area contributed by atoms with Crippen LogP contribution < -0.4 is 0 Å². The summed E-state index contributed by atoms with van der Waals surface area (Å²) in [5.74, 6) is 0.621. The molecule has 0 saturated carbocycles. The van der Waals surface area contributed by atoms with Crippen LogP contribution in [0.3, 0.4) is 0 Å². The Balaban J connectivity index is 1.58. The Bertz CT molecular complexity index is 445. The van der Waals surface area contributed by atoms with E-state index in [9.17, 15) is 4.79 Å². The molecule has 2 fully saturated rings. The van der Waals surface area contributed by atoms with E-state index in [2.05, 4.69) is 0 Å². The van der Waals surface area contributed by atoms with Crippen molar-refractivity contribution in [1.82, 2.24) is 4.90 Å². The summed E-state index contributed by atoms with van der Waals surface area (Å²) >= 11 is 1.54. The first-order valence-electron chi connectivity index (χ1n) is 6.82. The predicted molar refractivity (Wildman–Crippen MR) is 73.4 cm³/mol. The average Bonchev–Trinajstić information content (AvgIpc) is 3.09. The lowest BCUT2D eigenvalue weighted by atomic mass is 9.96. The zero-order chi connectivity index (χ0) is 13.2. The molecule has 3 heterocycles. The number of aryl methyl sites for hydroxylation is 1. The number of hydrogen-bond donors (Lipinski definition) is 0. The normalized spacial score (nSPS) is 22.1. The minimum atomic E-state index is -0.0410. The standard InChI is InChI=1S/C14H19NO3S/c1-10-4-9-19-12(10)13(16)15-5-2-11(3-6-15)14-17-7-8-18-14/h4,9,11,14H,2-3,5-8H2,1H3. The molecule has 19 heavy (non-hydrogen) atoms. The molecule has 0 aliphatic carbocycles. The molecule has 0 atom stereocenters. The van der Waals surface area contributed by atoms with Gasteiger partial charge in [0.2, 0.25) is 0 Å². The van der Waals surface area contributed by atoms with E-state index >= 15 is 0 Å². The predicted octanol–water partition coefficient (Wildman–Crippen LogP) is 2.28. The summed E-state index contributed by atoms with van der Waals surface area (Å²) in [6.45, 7) is 5.03. The third-order valence-corrected chi connectivity index (χ3v) is 4.92. The van der Waals surface area contributed by atoms with Crippen LogP contribution in [0.15, 0.2) is 11.4 Å². The molecule has 104 valence electrons. The van der Waals surface area contributed by atoms with E-state index < -0.39 is 0 Å². The Morgan fingerprint density at radius 2 is 2.00 bits per heavy atom. The van der Waals surface area contributed by atoms with Crippen molar-refractivity contribution in [3.8, 4) is 0 Å². The van der Waals surface area contributed by atoms with E-state index in [-0.39, 0.29) is 12.2 Å². The molecule has 4 nitrogen and oxygen atoms in total. The number of likely N-dealkylation sites (tertiary alicyclic amines) is 1. The van der Waals surface area contributed by atoms with Gasteiger partial charge in [-0.1, -0.05) is 0 Å². The van der Waals surface area contributed by atoms with Gasteiger partial charge >= 0.3 is 0 Å². The molecule has 2 aliphatic rings. The lowest BCUT2D eigenvalue weighted by Crippen LogP contribution is -2.41. The zero-order valence-electron chi connectivity index (χ0n) is 11.1. The highest BCUT2D eigenvalue weighted by atomic mass is 32.1. The van der Waals surface area contributed by atoms with Crippen molar-refractivity contribution in [3.63, 3.8) is 0 Å². The van der Waals surface area contributed by atoms with Crippen molar-refractivity contribution in [2.45, 2.75) is 26.1 Å². The smallest absolute Gasteiger partial charge is 0.264 e. The van der Waals surface area contributed by atoms with E-state index in [0.29, 0.717) is 19.1 Å². The van der Waals surface area contributed by atoms with Gasteiger partial charge in [-0.3, -0.25) is 4.79 Å². The topological polar surface area (TPSA) is 38.8 Å². The number of amides is 1. The largest absolute Gasteiger partial charge is 0.350 e. The first-order valence-corrected chi connectivity index (χ1v) is 7.70. The molecule has 1 aromatic heterocycles. The maximum absolute atomic E-state index is 12.4. The molecule has 0 unspecified atom stereocenters.